The van der Waals surface area contributed by atoms with Crippen molar-refractivity contribution in [1.82, 2.24) is 4.90 Å². The van der Waals surface area contributed by atoms with Gasteiger partial charge >= 0.3 is 0 Å². The molecule has 1 saturated heterocycles. The molecule has 0 radical (unpaired) electrons. The molecule has 3 rings (SSSR count). The minimum Gasteiger partial charge on any atom is -0.454 e. The second kappa shape index (κ2) is 5.57. The van der Waals surface area contributed by atoms with Crippen molar-refractivity contribution >= 4 is 11.6 Å². The molecule has 1 atom stereocenters. The van der Waals surface area contributed by atoms with Crippen LogP contribution in [0.1, 0.15) is 12.0 Å². The van der Waals surface area contributed by atoms with E-state index in [0.29, 0.717) is 5.92 Å². The molecule has 1 aromatic rings. The summed E-state index contributed by atoms with van der Waals surface area (Å²) in [5, 5.41) is 0.735. The number of halogens is 1. The minimum absolute atomic E-state index is 0.282. The Morgan fingerprint density at radius 3 is 2.84 bits per heavy atom. The summed E-state index contributed by atoms with van der Waals surface area (Å²) in [6, 6.07) is 3.82. The van der Waals surface area contributed by atoms with Gasteiger partial charge in [0.1, 0.15) is 0 Å². The molecule has 2 aliphatic rings. The lowest BCUT2D eigenvalue weighted by Gasteiger charge is -2.20. The van der Waals surface area contributed by atoms with Gasteiger partial charge in [-0.1, -0.05) is 11.6 Å². The van der Waals surface area contributed by atoms with Crippen LogP contribution in [-0.2, 0) is 11.3 Å². The van der Waals surface area contributed by atoms with E-state index in [-0.39, 0.29) is 6.79 Å². The number of benzene rings is 1. The van der Waals surface area contributed by atoms with E-state index in [1.165, 1.54) is 0 Å². The Morgan fingerprint density at radius 2 is 2.11 bits per heavy atom. The first-order valence-electron chi connectivity index (χ1n) is 6.56. The number of fused-ring (bicyclic) bond motifs is 1. The zero-order chi connectivity index (χ0) is 13.2. The Labute approximate surface area is 118 Å². The second-order valence-electron chi connectivity index (χ2n) is 5.22. The topological polar surface area (TPSA) is 30.9 Å². The highest BCUT2D eigenvalue weighted by Gasteiger charge is 2.20. The van der Waals surface area contributed by atoms with Gasteiger partial charge in [0.2, 0.25) is 6.79 Å². The van der Waals surface area contributed by atoms with E-state index in [1.54, 1.807) is 0 Å². The predicted octanol–water partition coefficient (Wildman–Crippen LogP) is 2.54. The van der Waals surface area contributed by atoms with Crippen LogP contribution in [0.4, 0.5) is 0 Å². The van der Waals surface area contributed by atoms with Crippen LogP contribution in [0.15, 0.2) is 12.1 Å². The van der Waals surface area contributed by atoms with E-state index in [2.05, 4.69) is 11.9 Å². The summed E-state index contributed by atoms with van der Waals surface area (Å²) < 4.78 is 16.1. The number of hydrogen-bond acceptors (Lipinski definition) is 4. The molecule has 5 heteroatoms. The van der Waals surface area contributed by atoms with Crippen molar-refractivity contribution in [2.45, 2.75) is 13.0 Å². The van der Waals surface area contributed by atoms with Crippen molar-refractivity contribution < 1.29 is 14.2 Å². The highest BCUT2D eigenvalue weighted by Crippen LogP contribution is 2.37. The van der Waals surface area contributed by atoms with Crippen LogP contribution < -0.4 is 9.47 Å². The maximum atomic E-state index is 6.28. The predicted molar refractivity (Wildman–Crippen MR) is 72.8 cm³/mol. The standard InChI is InChI=1S/C14H18ClNO3/c1-16(6-10-2-3-17-8-10)7-11-4-13-14(5-12(11)15)19-9-18-13/h4-5,10H,2-3,6-9H2,1H3. The molecule has 1 fully saturated rings. The van der Waals surface area contributed by atoms with Gasteiger partial charge in [0.25, 0.3) is 0 Å². The molecule has 0 spiro atoms. The van der Waals surface area contributed by atoms with Crippen LogP contribution in [-0.4, -0.2) is 38.5 Å². The number of hydrogen-bond donors (Lipinski definition) is 0. The minimum atomic E-state index is 0.282. The Balaban J connectivity index is 1.65. The monoisotopic (exact) mass is 283 g/mol. The molecular formula is C14H18ClNO3. The third-order valence-corrected chi connectivity index (χ3v) is 3.93. The molecule has 2 aliphatic heterocycles. The molecule has 104 valence electrons. The van der Waals surface area contributed by atoms with Crippen LogP contribution in [0.5, 0.6) is 11.5 Å². The van der Waals surface area contributed by atoms with E-state index in [1.807, 2.05) is 12.1 Å². The van der Waals surface area contributed by atoms with Gasteiger partial charge < -0.3 is 19.1 Å². The van der Waals surface area contributed by atoms with Gasteiger partial charge in [0.05, 0.1) is 6.61 Å². The lowest BCUT2D eigenvalue weighted by atomic mass is 10.1. The van der Waals surface area contributed by atoms with Gasteiger partial charge in [-0.15, -0.1) is 0 Å². The summed E-state index contributed by atoms with van der Waals surface area (Å²) in [4.78, 5) is 2.28. The van der Waals surface area contributed by atoms with Crippen molar-refractivity contribution in [3.63, 3.8) is 0 Å². The summed E-state index contributed by atoms with van der Waals surface area (Å²) in [5.74, 6) is 2.16. The lowest BCUT2D eigenvalue weighted by molar-refractivity contribution is 0.172. The Morgan fingerprint density at radius 1 is 1.32 bits per heavy atom. The third-order valence-electron chi connectivity index (χ3n) is 3.58. The first-order valence-corrected chi connectivity index (χ1v) is 6.94. The van der Waals surface area contributed by atoms with E-state index < -0.39 is 0 Å². The highest BCUT2D eigenvalue weighted by molar-refractivity contribution is 6.31. The molecule has 0 saturated carbocycles. The summed E-state index contributed by atoms with van der Waals surface area (Å²) >= 11 is 6.28. The Hall–Kier alpha value is -0.970. The first-order chi connectivity index (χ1) is 9.22. The van der Waals surface area contributed by atoms with Crippen LogP contribution in [0.2, 0.25) is 5.02 Å². The zero-order valence-corrected chi connectivity index (χ0v) is 11.8. The maximum absolute atomic E-state index is 6.28. The van der Waals surface area contributed by atoms with Crippen molar-refractivity contribution in [3.05, 3.63) is 22.7 Å². The Bertz CT molecular complexity index is 460. The fourth-order valence-electron chi connectivity index (χ4n) is 2.60. The summed E-state index contributed by atoms with van der Waals surface area (Å²) in [7, 11) is 2.11. The van der Waals surface area contributed by atoms with Crippen molar-refractivity contribution in [3.8, 4) is 11.5 Å². The summed E-state index contributed by atoms with van der Waals surface area (Å²) in [6.07, 6.45) is 1.15. The van der Waals surface area contributed by atoms with Gasteiger partial charge in [0, 0.05) is 30.8 Å². The fraction of sp³-hybridized carbons (Fsp3) is 0.571. The van der Waals surface area contributed by atoms with E-state index in [4.69, 9.17) is 25.8 Å². The highest BCUT2D eigenvalue weighted by atomic mass is 35.5. The molecule has 0 bridgehead atoms. The van der Waals surface area contributed by atoms with Gasteiger partial charge in [0.15, 0.2) is 11.5 Å². The van der Waals surface area contributed by atoms with E-state index in [9.17, 15) is 0 Å². The van der Waals surface area contributed by atoms with Crippen LogP contribution in [0, 0.1) is 5.92 Å². The fourth-order valence-corrected chi connectivity index (χ4v) is 2.82. The molecule has 2 heterocycles. The molecular weight excluding hydrogens is 266 g/mol. The van der Waals surface area contributed by atoms with Crippen LogP contribution >= 0.6 is 11.6 Å². The van der Waals surface area contributed by atoms with Crippen LogP contribution in [0.25, 0.3) is 0 Å². The van der Waals surface area contributed by atoms with Crippen molar-refractivity contribution in [2.24, 2.45) is 5.92 Å². The average Bonchev–Trinajstić information content (AvgIpc) is 3.00. The number of rotatable bonds is 4. The number of nitrogens with zero attached hydrogens (tertiary/aromatic N) is 1. The first kappa shape index (κ1) is 13.0. The average molecular weight is 284 g/mol. The van der Waals surface area contributed by atoms with Gasteiger partial charge in [-0.3, -0.25) is 0 Å². The van der Waals surface area contributed by atoms with E-state index >= 15 is 0 Å². The second-order valence-corrected chi connectivity index (χ2v) is 5.63. The zero-order valence-electron chi connectivity index (χ0n) is 11.0. The molecule has 1 aromatic carbocycles. The Kier molecular flexibility index (Phi) is 3.82. The van der Waals surface area contributed by atoms with Crippen molar-refractivity contribution in [2.75, 3.05) is 33.6 Å². The normalized spacial score (nSPS) is 21.3. The molecule has 19 heavy (non-hydrogen) atoms. The summed E-state index contributed by atoms with van der Waals surface area (Å²) in [5.41, 5.74) is 1.08. The van der Waals surface area contributed by atoms with Crippen LogP contribution in [0.3, 0.4) is 0 Å². The van der Waals surface area contributed by atoms with E-state index in [0.717, 1.165) is 54.8 Å². The lowest BCUT2D eigenvalue weighted by Crippen LogP contribution is -2.25. The van der Waals surface area contributed by atoms with Gasteiger partial charge in [-0.25, -0.2) is 0 Å². The summed E-state index contributed by atoms with van der Waals surface area (Å²) in [6.45, 7) is 3.89. The molecule has 0 aromatic heterocycles. The molecule has 0 aliphatic carbocycles. The third kappa shape index (κ3) is 2.96. The number of ether oxygens (including phenoxy) is 3. The quantitative estimate of drug-likeness (QED) is 0.850. The largest absolute Gasteiger partial charge is 0.454 e. The molecule has 0 amide bonds. The molecule has 1 unspecified atom stereocenters. The molecule has 4 nitrogen and oxygen atoms in total. The SMILES string of the molecule is CN(Cc1cc2c(cc1Cl)OCO2)CC1CCOC1. The smallest absolute Gasteiger partial charge is 0.231 e. The molecule has 0 N–H and O–H groups in total. The van der Waals surface area contributed by atoms with Gasteiger partial charge in [-0.05, 0) is 31.0 Å². The van der Waals surface area contributed by atoms with Crippen molar-refractivity contribution in [1.29, 1.82) is 0 Å². The van der Waals surface area contributed by atoms with Gasteiger partial charge in [-0.2, -0.15) is 0 Å². The maximum Gasteiger partial charge on any atom is 0.231 e.